The van der Waals surface area contributed by atoms with Crippen LogP contribution in [0.3, 0.4) is 0 Å². The van der Waals surface area contributed by atoms with E-state index >= 15 is 0 Å². The monoisotopic (exact) mass is 314 g/mol. The lowest BCUT2D eigenvalue weighted by atomic mass is 10.2. The highest BCUT2D eigenvalue weighted by molar-refractivity contribution is 9.10. The Morgan fingerprint density at radius 1 is 1.50 bits per heavy atom. The summed E-state index contributed by atoms with van der Waals surface area (Å²) in [6, 6.07) is 3.76. The number of hydrogen-bond donors (Lipinski definition) is 2. The van der Waals surface area contributed by atoms with Crippen molar-refractivity contribution in [2.75, 3.05) is 24.3 Å². The number of nitrogens with two attached hydrogens (primary N) is 1. The number of benzene rings is 1. The van der Waals surface area contributed by atoms with Crippen LogP contribution in [-0.2, 0) is 9.53 Å². The number of anilines is 2. The summed E-state index contributed by atoms with van der Waals surface area (Å²) in [6.45, 7) is 5.17. The molecule has 1 amide bonds. The van der Waals surface area contributed by atoms with E-state index in [1.807, 2.05) is 26.0 Å². The van der Waals surface area contributed by atoms with Gasteiger partial charge in [0.2, 0.25) is 5.91 Å². The normalized spacial score (nSPS) is 10.4. The fourth-order valence-electron chi connectivity index (χ4n) is 1.58. The predicted molar refractivity (Wildman–Crippen MR) is 77.6 cm³/mol. The third-order valence-electron chi connectivity index (χ3n) is 2.43. The minimum absolute atomic E-state index is 0.0500. The van der Waals surface area contributed by atoms with Gasteiger partial charge in [-0.1, -0.05) is 0 Å². The summed E-state index contributed by atoms with van der Waals surface area (Å²) in [5.74, 6) is -0.0500. The number of carbonyl (C=O) groups is 1. The lowest BCUT2D eigenvalue weighted by Crippen LogP contribution is -2.14. The van der Waals surface area contributed by atoms with Crippen molar-refractivity contribution in [2.45, 2.75) is 26.7 Å². The van der Waals surface area contributed by atoms with Gasteiger partial charge in [-0.05, 0) is 53.9 Å². The predicted octanol–water partition coefficient (Wildman–Crippen LogP) is 3.09. The van der Waals surface area contributed by atoms with Gasteiger partial charge in [-0.2, -0.15) is 0 Å². The number of nitrogen functional groups attached to an aromatic ring is 1. The highest BCUT2D eigenvalue weighted by Crippen LogP contribution is 2.30. The van der Waals surface area contributed by atoms with E-state index < -0.39 is 0 Å². The SMILES string of the molecule is CCOCCCC(=O)Nc1c(N)cc(C)cc1Br. The van der Waals surface area contributed by atoms with Crippen molar-refractivity contribution in [3.8, 4) is 0 Å². The van der Waals surface area contributed by atoms with E-state index in [2.05, 4.69) is 21.2 Å². The largest absolute Gasteiger partial charge is 0.397 e. The zero-order valence-electron chi connectivity index (χ0n) is 10.8. The summed E-state index contributed by atoms with van der Waals surface area (Å²) >= 11 is 3.40. The van der Waals surface area contributed by atoms with Gasteiger partial charge in [0.15, 0.2) is 0 Å². The van der Waals surface area contributed by atoms with E-state index in [0.717, 1.165) is 10.0 Å². The topological polar surface area (TPSA) is 64.3 Å². The third-order valence-corrected chi connectivity index (χ3v) is 3.05. The lowest BCUT2D eigenvalue weighted by Gasteiger charge is -2.11. The van der Waals surface area contributed by atoms with Gasteiger partial charge >= 0.3 is 0 Å². The van der Waals surface area contributed by atoms with Gasteiger partial charge in [0, 0.05) is 24.1 Å². The molecule has 0 aromatic heterocycles. The van der Waals surface area contributed by atoms with E-state index in [0.29, 0.717) is 37.4 Å². The summed E-state index contributed by atoms with van der Waals surface area (Å²) in [5.41, 5.74) is 8.14. The van der Waals surface area contributed by atoms with Crippen LogP contribution in [0.5, 0.6) is 0 Å². The number of halogens is 1. The number of rotatable bonds is 6. The first kappa shape index (κ1) is 15.0. The fraction of sp³-hybridized carbons (Fsp3) is 0.462. The maximum atomic E-state index is 11.7. The number of nitrogens with one attached hydrogen (secondary N) is 1. The maximum Gasteiger partial charge on any atom is 0.224 e. The first-order valence-electron chi connectivity index (χ1n) is 5.97. The van der Waals surface area contributed by atoms with E-state index in [9.17, 15) is 4.79 Å². The van der Waals surface area contributed by atoms with Gasteiger partial charge in [-0.15, -0.1) is 0 Å². The summed E-state index contributed by atoms with van der Waals surface area (Å²) in [7, 11) is 0. The van der Waals surface area contributed by atoms with Crippen LogP contribution >= 0.6 is 15.9 Å². The van der Waals surface area contributed by atoms with E-state index in [4.69, 9.17) is 10.5 Å². The second-order valence-corrected chi connectivity index (χ2v) is 4.91. The minimum atomic E-state index is -0.0500. The maximum absolute atomic E-state index is 11.7. The molecule has 100 valence electrons. The first-order valence-corrected chi connectivity index (χ1v) is 6.77. The highest BCUT2D eigenvalue weighted by atomic mass is 79.9. The summed E-state index contributed by atoms with van der Waals surface area (Å²) < 4.78 is 5.99. The second-order valence-electron chi connectivity index (χ2n) is 4.06. The van der Waals surface area contributed by atoms with Crippen LogP contribution in [0.15, 0.2) is 16.6 Å². The molecule has 3 N–H and O–H groups in total. The van der Waals surface area contributed by atoms with Crippen molar-refractivity contribution in [1.29, 1.82) is 0 Å². The van der Waals surface area contributed by atoms with Gasteiger partial charge in [0.25, 0.3) is 0 Å². The number of aryl methyl sites for hydroxylation is 1. The molecule has 0 unspecified atom stereocenters. The molecule has 0 atom stereocenters. The molecule has 0 radical (unpaired) electrons. The van der Waals surface area contributed by atoms with Crippen molar-refractivity contribution in [1.82, 2.24) is 0 Å². The Morgan fingerprint density at radius 3 is 2.83 bits per heavy atom. The lowest BCUT2D eigenvalue weighted by molar-refractivity contribution is -0.116. The Hall–Kier alpha value is -1.07. The van der Waals surface area contributed by atoms with Crippen LogP contribution in [0, 0.1) is 6.92 Å². The zero-order valence-corrected chi connectivity index (χ0v) is 12.3. The second kappa shape index (κ2) is 7.38. The molecule has 0 bridgehead atoms. The van der Waals surface area contributed by atoms with Gasteiger partial charge in [-0.3, -0.25) is 4.79 Å². The molecular formula is C13H19BrN2O2. The Labute approximate surface area is 116 Å². The van der Waals surface area contributed by atoms with Gasteiger partial charge < -0.3 is 15.8 Å². The standard InChI is InChI=1S/C13H19BrN2O2/c1-3-18-6-4-5-12(17)16-13-10(14)7-9(2)8-11(13)15/h7-8H,3-6,15H2,1-2H3,(H,16,17). The van der Waals surface area contributed by atoms with Crippen LogP contribution < -0.4 is 11.1 Å². The molecule has 1 rings (SSSR count). The fourth-order valence-corrected chi connectivity index (χ4v) is 2.27. The smallest absolute Gasteiger partial charge is 0.224 e. The molecule has 18 heavy (non-hydrogen) atoms. The zero-order chi connectivity index (χ0) is 13.5. The highest BCUT2D eigenvalue weighted by Gasteiger charge is 2.09. The molecule has 0 saturated carbocycles. The Bertz CT molecular complexity index is 398. The average Bonchev–Trinajstić information content (AvgIpc) is 2.29. The van der Waals surface area contributed by atoms with Crippen molar-refractivity contribution >= 4 is 33.2 Å². The molecule has 0 aliphatic heterocycles. The third kappa shape index (κ3) is 4.66. The molecule has 4 nitrogen and oxygen atoms in total. The molecule has 0 saturated heterocycles. The summed E-state index contributed by atoms with van der Waals surface area (Å²) in [6.07, 6.45) is 1.14. The molecule has 0 fully saturated rings. The van der Waals surface area contributed by atoms with Gasteiger partial charge in [0.05, 0.1) is 11.4 Å². The first-order chi connectivity index (χ1) is 8.54. The molecular weight excluding hydrogens is 296 g/mol. The quantitative estimate of drug-likeness (QED) is 0.626. The van der Waals surface area contributed by atoms with Crippen molar-refractivity contribution in [2.24, 2.45) is 0 Å². The van der Waals surface area contributed by atoms with Crippen molar-refractivity contribution < 1.29 is 9.53 Å². The minimum Gasteiger partial charge on any atom is -0.397 e. The van der Waals surface area contributed by atoms with Crippen LogP contribution in [0.4, 0.5) is 11.4 Å². The van der Waals surface area contributed by atoms with Crippen LogP contribution in [0.25, 0.3) is 0 Å². The van der Waals surface area contributed by atoms with Crippen LogP contribution in [0.1, 0.15) is 25.3 Å². The molecule has 0 spiro atoms. The van der Waals surface area contributed by atoms with E-state index in [-0.39, 0.29) is 5.91 Å². The summed E-state index contributed by atoms with van der Waals surface area (Å²) in [4.78, 5) is 11.7. The van der Waals surface area contributed by atoms with Gasteiger partial charge in [-0.25, -0.2) is 0 Å². The number of ether oxygens (including phenoxy) is 1. The number of carbonyl (C=O) groups excluding carboxylic acids is 1. The molecule has 1 aromatic rings. The molecule has 0 aliphatic carbocycles. The van der Waals surface area contributed by atoms with Gasteiger partial charge in [0.1, 0.15) is 0 Å². The van der Waals surface area contributed by atoms with E-state index in [1.165, 1.54) is 0 Å². The molecule has 5 heteroatoms. The molecule has 0 aliphatic rings. The van der Waals surface area contributed by atoms with Crippen molar-refractivity contribution in [3.63, 3.8) is 0 Å². The molecule has 0 heterocycles. The van der Waals surface area contributed by atoms with Crippen molar-refractivity contribution in [3.05, 3.63) is 22.2 Å². The van der Waals surface area contributed by atoms with Crippen LogP contribution in [0.2, 0.25) is 0 Å². The summed E-state index contributed by atoms with van der Waals surface area (Å²) in [5, 5.41) is 2.82. The average molecular weight is 315 g/mol. The number of amides is 1. The Kier molecular flexibility index (Phi) is 6.15. The molecule has 1 aromatic carbocycles. The van der Waals surface area contributed by atoms with E-state index in [1.54, 1.807) is 0 Å². The Balaban J connectivity index is 2.54. The van der Waals surface area contributed by atoms with Crippen LogP contribution in [-0.4, -0.2) is 19.1 Å². The number of hydrogen-bond acceptors (Lipinski definition) is 3. The Morgan fingerprint density at radius 2 is 2.22 bits per heavy atom.